The van der Waals surface area contributed by atoms with Crippen molar-refractivity contribution in [1.29, 1.82) is 0 Å². The largest absolute Gasteiger partial charge is 0.354 e. The van der Waals surface area contributed by atoms with E-state index >= 15 is 0 Å². The molecule has 1 aromatic carbocycles. The molecule has 0 aromatic heterocycles. The molecule has 0 saturated carbocycles. The molecule has 2 rings (SSSR count). The van der Waals surface area contributed by atoms with E-state index in [2.05, 4.69) is 53.3 Å². The Kier molecular flexibility index (Phi) is 3.13. The van der Waals surface area contributed by atoms with Gasteiger partial charge in [0.2, 0.25) is 0 Å². The van der Waals surface area contributed by atoms with Gasteiger partial charge in [-0.1, -0.05) is 29.8 Å². The molecule has 0 spiro atoms. The highest BCUT2D eigenvalue weighted by Crippen LogP contribution is 2.21. The van der Waals surface area contributed by atoms with Crippen LogP contribution in [-0.4, -0.2) is 31.0 Å². The Hall–Kier alpha value is -1.51. The summed E-state index contributed by atoms with van der Waals surface area (Å²) in [5, 5.41) is 3.29. The minimum absolute atomic E-state index is 0.384. The lowest BCUT2D eigenvalue weighted by Crippen LogP contribution is -2.32. The monoisotopic (exact) mass is 217 g/mol. The van der Waals surface area contributed by atoms with E-state index in [4.69, 9.17) is 0 Å². The maximum Gasteiger partial charge on any atom is 0.194 e. The van der Waals surface area contributed by atoms with Crippen LogP contribution >= 0.6 is 0 Å². The van der Waals surface area contributed by atoms with Crippen molar-refractivity contribution in [3.8, 4) is 0 Å². The quantitative estimate of drug-likeness (QED) is 0.820. The predicted molar refractivity (Wildman–Crippen MR) is 67.7 cm³/mol. The lowest BCUT2D eigenvalue weighted by molar-refractivity contribution is 0.369. The molecule has 1 aromatic rings. The molecule has 1 atom stereocenters. The summed E-state index contributed by atoms with van der Waals surface area (Å²) in [7, 11) is 1.84. The van der Waals surface area contributed by atoms with Crippen molar-refractivity contribution < 1.29 is 0 Å². The number of guanidine groups is 1. The first kappa shape index (κ1) is 11.0. The summed E-state index contributed by atoms with van der Waals surface area (Å²) in [6.45, 7) is 6.36. The summed E-state index contributed by atoms with van der Waals surface area (Å²) in [6, 6.07) is 9.11. The first-order chi connectivity index (χ1) is 7.72. The van der Waals surface area contributed by atoms with E-state index in [0.29, 0.717) is 6.04 Å². The lowest BCUT2D eigenvalue weighted by atomic mass is 10.1. The molecular formula is C13H19N3. The Balaban J connectivity index is 2.18. The molecular weight excluding hydrogens is 198 g/mol. The van der Waals surface area contributed by atoms with Crippen LogP contribution in [0.5, 0.6) is 0 Å². The molecule has 1 heterocycles. The van der Waals surface area contributed by atoms with Crippen molar-refractivity contribution in [2.75, 3.05) is 20.1 Å². The molecule has 86 valence electrons. The second kappa shape index (κ2) is 4.56. The van der Waals surface area contributed by atoms with Crippen LogP contribution in [0, 0.1) is 6.92 Å². The molecule has 0 radical (unpaired) electrons. The highest BCUT2D eigenvalue weighted by molar-refractivity contribution is 5.82. The van der Waals surface area contributed by atoms with Gasteiger partial charge in [0, 0.05) is 20.1 Å². The van der Waals surface area contributed by atoms with Crippen LogP contribution in [0.2, 0.25) is 0 Å². The highest BCUT2D eigenvalue weighted by Gasteiger charge is 2.23. The standard InChI is InChI=1S/C13H19N3/c1-10-4-6-12(7-5-10)11(2)16-9-8-15-13(16)14-3/h4-7,11H,8-9H2,1-3H3,(H,14,15). The summed E-state index contributed by atoms with van der Waals surface area (Å²) in [6.07, 6.45) is 0. The van der Waals surface area contributed by atoms with Crippen molar-refractivity contribution in [2.45, 2.75) is 19.9 Å². The number of nitrogens with one attached hydrogen (secondary N) is 1. The first-order valence-corrected chi connectivity index (χ1v) is 5.76. The summed E-state index contributed by atoms with van der Waals surface area (Å²) in [5.41, 5.74) is 2.65. The Labute approximate surface area is 97.2 Å². The average molecular weight is 217 g/mol. The van der Waals surface area contributed by atoms with E-state index in [1.807, 2.05) is 7.05 Å². The van der Waals surface area contributed by atoms with Crippen LogP contribution in [0.4, 0.5) is 0 Å². The molecule has 0 aliphatic carbocycles. The third-order valence-electron chi connectivity index (χ3n) is 3.15. The number of rotatable bonds is 2. The van der Waals surface area contributed by atoms with Gasteiger partial charge in [-0.3, -0.25) is 4.99 Å². The number of benzene rings is 1. The minimum Gasteiger partial charge on any atom is -0.354 e. The molecule has 1 unspecified atom stereocenters. The van der Waals surface area contributed by atoms with Gasteiger partial charge in [0.15, 0.2) is 5.96 Å². The number of aryl methyl sites for hydroxylation is 1. The Morgan fingerprint density at radius 3 is 2.62 bits per heavy atom. The molecule has 1 saturated heterocycles. The van der Waals surface area contributed by atoms with E-state index in [-0.39, 0.29) is 0 Å². The van der Waals surface area contributed by atoms with Crippen LogP contribution in [0.1, 0.15) is 24.1 Å². The maximum absolute atomic E-state index is 4.26. The van der Waals surface area contributed by atoms with Gasteiger partial charge < -0.3 is 10.2 Å². The second-order valence-corrected chi connectivity index (χ2v) is 4.25. The number of hydrogen-bond acceptors (Lipinski definition) is 1. The van der Waals surface area contributed by atoms with Crippen molar-refractivity contribution in [1.82, 2.24) is 10.2 Å². The van der Waals surface area contributed by atoms with Crippen LogP contribution < -0.4 is 5.32 Å². The Bertz CT molecular complexity index is 381. The van der Waals surface area contributed by atoms with E-state index in [1.54, 1.807) is 0 Å². The SMILES string of the molecule is CN=C1NCCN1C(C)c1ccc(C)cc1. The van der Waals surface area contributed by atoms with Gasteiger partial charge in [0.25, 0.3) is 0 Å². The van der Waals surface area contributed by atoms with Crippen molar-refractivity contribution in [2.24, 2.45) is 4.99 Å². The first-order valence-electron chi connectivity index (χ1n) is 5.76. The van der Waals surface area contributed by atoms with Crippen molar-refractivity contribution in [3.05, 3.63) is 35.4 Å². The van der Waals surface area contributed by atoms with E-state index in [9.17, 15) is 0 Å². The summed E-state index contributed by atoms with van der Waals surface area (Å²) >= 11 is 0. The normalized spacial score (nSPS) is 19.9. The van der Waals surface area contributed by atoms with E-state index < -0.39 is 0 Å². The fraction of sp³-hybridized carbons (Fsp3) is 0.462. The summed E-state index contributed by atoms with van der Waals surface area (Å²) in [5.74, 6) is 1.01. The maximum atomic E-state index is 4.26. The molecule has 1 aliphatic rings. The highest BCUT2D eigenvalue weighted by atomic mass is 15.4. The summed E-state index contributed by atoms with van der Waals surface area (Å²) in [4.78, 5) is 6.57. The zero-order valence-corrected chi connectivity index (χ0v) is 10.2. The molecule has 3 nitrogen and oxygen atoms in total. The number of hydrogen-bond donors (Lipinski definition) is 1. The van der Waals surface area contributed by atoms with Crippen LogP contribution in [-0.2, 0) is 0 Å². The Morgan fingerprint density at radius 2 is 2.00 bits per heavy atom. The second-order valence-electron chi connectivity index (χ2n) is 4.25. The van der Waals surface area contributed by atoms with Crippen LogP contribution in [0.15, 0.2) is 29.3 Å². The van der Waals surface area contributed by atoms with Crippen LogP contribution in [0.3, 0.4) is 0 Å². The van der Waals surface area contributed by atoms with E-state index in [1.165, 1.54) is 11.1 Å². The van der Waals surface area contributed by atoms with Gasteiger partial charge in [-0.15, -0.1) is 0 Å². The van der Waals surface area contributed by atoms with Crippen molar-refractivity contribution in [3.63, 3.8) is 0 Å². The lowest BCUT2D eigenvalue weighted by Gasteiger charge is -2.25. The van der Waals surface area contributed by atoms with Gasteiger partial charge in [-0.05, 0) is 19.4 Å². The van der Waals surface area contributed by atoms with Gasteiger partial charge in [0.1, 0.15) is 0 Å². The predicted octanol–water partition coefficient (Wildman–Crippen LogP) is 1.95. The van der Waals surface area contributed by atoms with Gasteiger partial charge in [-0.2, -0.15) is 0 Å². The zero-order valence-electron chi connectivity index (χ0n) is 10.2. The van der Waals surface area contributed by atoms with Gasteiger partial charge in [-0.25, -0.2) is 0 Å². The molecule has 1 fully saturated rings. The average Bonchev–Trinajstić information content (AvgIpc) is 2.77. The summed E-state index contributed by atoms with van der Waals surface area (Å²) < 4.78 is 0. The molecule has 16 heavy (non-hydrogen) atoms. The van der Waals surface area contributed by atoms with Crippen LogP contribution in [0.25, 0.3) is 0 Å². The van der Waals surface area contributed by atoms with E-state index in [0.717, 1.165) is 19.0 Å². The molecule has 1 N–H and O–H groups in total. The van der Waals surface area contributed by atoms with Gasteiger partial charge in [0.05, 0.1) is 6.04 Å². The molecule has 3 heteroatoms. The number of nitrogens with zero attached hydrogens (tertiary/aromatic N) is 2. The van der Waals surface area contributed by atoms with Gasteiger partial charge >= 0.3 is 0 Å². The molecule has 0 amide bonds. The third-order valence-corrected chi connectivity index (χ3v) is 3.15. The zero-order chi connectivity index (χ0) is 11.5. The smallest absolute Gasteiger partial charge is 0.194 e. The fourth-order valence-corrected chi connectivity index (χ4v) is 2.11. The third kappa shape index (κ3) is 2.03. The number of aliphatic imine (C=N–C) groups is 1. The fourth-order valence-electron chi connectivity index (χ4n) is 2.11. The molecule has 1 aliphatic heterocycles. The Morgan fingerprint density at radius 1 is 1.31 bits per heavy atom. The van der Waals surface area contributed by atoms with Crippen molar-refractivity contribution >= 4 is 5.96 Å². The molecule has 0 bridgehead atoms. The minimum atomic E-state index is 0.384. The topological polar surface area (TPSA) is 27.6 Å².